The zero-order valence-corrected chi connectivity index (χ0v) is 15.6. The van der Waals surface area contributed by atoms with Crippen molar-refractivity contribution < 1.29 is 24.2 Å². The van der Waals surface area contributed by atoms with Gasteiger partial charge in [-0.1, -0.05) is 24.3 Å². The quantitative estimate of drug-likeness (QED) is 0.537. The van der Waals surface area contributed by atoms with Crippen LogP contribution >= 0.6 is 0 Å². The Hall–Kier alpha value is -3.79. The molecule has 2 rings (SSSR count). The zero-order chi connectivity index (χ0) is 20.5. The van der Waals surface area contributed by atoms with E-state index in [4.69, 9.17) is 14.6 Å². The van der Waals surface area contributed by atoms with Crippen molar-refractivity contribution in [2.45, 2.75) is 13.8 Å². The van der Waals surface area contributed by atoms with Gasteiger partial charge in [0.25, 0.3) is 5.91 Å². The van der Waals surface area contributed by atoms with E-state index in [9.17, 15) is 14.9 Å². The molecule has 0 aromatic heterocycles. The molecule has 0 atom stereocenters. The predicted molar refractivity (Wildman–Crippen MR) is 104 cm³/mol. The number of ether oxygens (including phenoxy) is 2. The molecule has 0 saturated carbocycles. The summed E-state index contributed by atoms with van der Waals surface area (Å²) in [5, 5.41) is 20.8. The van der Waals surface area contributed by atoms with Crippen LogP contribution in [-0.4, -0.2) is 30.2 Å². The van der Waals surface area contributed by atoms with E-state index in [2.05, 4.69) is 5.32 Å². The first kappa shape index (κ1) is 20.5. The average molecular weight is 380 g/mol. The van der Waals surface area contributed by atoms with E-state index in [1.54, 1.807) is 31.2 Å². The first-order valence-corrected chi connectivity index (χ1v) is 8.54. The molecule has 7 heteroatoms. The lowest BCUT2D eigenvalue weighted by Crippen LogP contribution is -2.14. The number of hydrogen-bond acceptors (Lipinski definition) is 5. The van der Waals surface area contributed by atoms with Gasteiger partial charge in [0.1, 0.15) is 11.6 Å². The third-order valence-electron chi connectivity index (χ3n) is 3.69. The predicted octanol–water partition coefficient (Wildman–Crippen LogP) is 3.40. The number of nitrogens with one attached hydrogen (secondary N) is 1. The van der Waals surface area contributed by atoms with Crippen molar-refractivity contribution in [3.05, 3.63) is 59.2 Å². The van der Waals surface area contributed by atoms with Gasteiger partial charge in [-0.25, -0.2) is 4.79 Å². The molecule has 1 amide bonds. The monoisotopic (exact) mass is 380 g/mol. The number of aliphatic carboxylic acids is 1. The number of carboxylic acid groups (broad SMARTS) is 1. The number of carboxylic acids is 1. The molecule has 0 radical (unpaired) electrons. The van der Waals surface area contributed by atoms with Crippen LogP contribution in [0.1, 0.15) is 18.1 Å². The Labute approximate surface area is 162 Å². The highest BCUT2D eigenvalue weighted by Crippen LogP contribution is 2.29. The number of carbonyl (C=O) groups is 2. The minimum atomic E-state index is -1.11. The molecule has 0 aliphatic carbocycles. The van der Waals surface area contributed by atoms with Crippen LogP contribution in [0.2, 0.25) is 0 Å². The maximum absolute atomic E-state index is 12.4. The van der Waals surface area contributed by atoms with E-state index < -0.39 is 18.5 Å². The van der Waals surface area contributed by atoms with Gasteiger partial charge >= 0.3 is 5.97 Å². The molecule has 7 nitrogen and oxygen atoms in total. The molecule has 2 aromatic carbocycles. The summed E-state index contributed by atoms with van der Waals surface area (Å²) in [6, 6.07) is 13.9. The topological polar surface area (TPSA) is 109 Å². The molecule has 0 unspecified atom stereocenters. The van der Waals surface area contributed by atoms with Crippen molar-refractivity contribution in [3.8, 4) is 17.6 Å². The highest BCUT2D eigenvalue weighted by atomic mass is 16.5. The van der Waals surface area contributed by atoms with Crippen LogP contribution in [0.5, 0.6) is 11.5 Å². The minimum Gasteiger partial charge on any atom is -0.490 e. The maximum atomic E-state index is 12.4. The summed E-state index contributed by atoms with van der Waals surface area (Å²) in [6.07, 6.45) is 1.43. The van der Waals surface area contributed by atoms with Gasteiger partial charge in [-0.05, 0) is 49.2 Å². The van der Waals surface area contributed by atoms with Crippen molar-refractivity contribution in [1.29, 1.82) is 5.26 Å². The molecule has 0 spiro atoms. The lowest BCUT2D eigenvalue weighted by Gasteiger charge is -2.11. The second-order valence-corrected chi connectivity index (χ2v) is 5.76. The Bertz CT molecular complexity index is 944. The highest BCUT2D eigenvalue weighted by Gasteiger charge is 2.12. The van der Waals surface area contributed by atoms with Crippen LogP contribution in [0.3, 0.4) is 0 Å². The number of aryl methyl sites for hydroxylation is 1. The normalized spacial score (nSPS) is 10.7. The van der Waals surface area contributed by atoms with Crippen molar-refractivity contribution >= 4 is 23.6 Å². The van der Waals surface area contributed by atoms with Gasteiger partial charge in [-0.3, -0.25) is 4.79 Å². The molecule has 0 fully saturated rings. The molecule has 2 N–H and O–H groups in total. The van der Waals surface area contributed by atoms with Gasteiger partial charge in [0.2, 0.25) is 0 Å². The van der Waals surface area contributed by atoms with E-state index in [0.29, 0.717) is 23.6 Å². The van der Waals surface area contributed by atoms with Crippen molar-refractivity contribution in [3.63, 3.8) is 0 Å². The molecule has 0 aliphatic heterocycles. The van der Waals surface area contributed by atoms with Crippen LogP contribution in [0, 0.1) is 18.3 Å². The lowest BCUT2D eigenvalue weighted by molar-refractivity contribution is -0.139. The molecule has 0 bridgehead atoms. The first-order chi connectivity index (χ1) is 13.4. The number of para-hydroxylation sites is 1. The Balaban J connectivity index is 2.26. The summed E-state index contributed by atoms with van der Waals surface area (Å²) in [7, 11) is 0. The smallest absolute Gasteiger partial charge is 0.341 e. The molecule has 144 valence electrons. The largest absolute Gasteiger partial charge is 0.490 e. The number of hydrogen-bond donors (Lipinski definition) is 2. The van der Waals surface area contributed by atoms with Gasteiger partial charge < -0.3 is 19.9 Å². The Morgan fingerprint density at radius 3 is 2.57 bits per heavy atom. The van der Waals surface area contributed by atoms with Crippen LogP contribution in [0.15, 0.2) is 48.0 Å². The van der Waals surface area contributed by atoms with Gasteiger partial charge in [-0.15, -0.1) is 0 Å². The standard InChI is InChI=1S/C21H20N2O5/c1-3-27-19-11-15(8-9-18(19)28-13-20(24)25)10-16(12-22)21(26)23-17-7-5-4-6-14(17)2/h4-11H,3,13H2,1-2H3,(H,23,26)(H,24,25)/b16-10-. The van der Waals surface area contributed by atoms with E-state index >= 15 is 0 Å². The van der Waals surface area contributed by atoms with Gasteiger partial charge in [0.05, 0.1) is 6.61 Å². The minimum absolute atomic E-state index is 0.0788. The fraction of sp³-hybridized carbons (Fsp3) is 0.190. The van der Waals surface area contributed by atoms with Crippen molar-refractivity contribution in [2.24, 2.45) is 0 Å². The summed E-state index contributed by atoms with van der Waals surface area (Å²) in [6.45, 7) is 3.47. The molecule has 0 aliphatic rings. The van der Waals surface area contributed by atoms with E-state index in [1.165, 1.54) is 12.1 Å². The summed E-state index contributed by atoms with van der Waals surface area (Å²) in [5.41, 5.74) is 1.97. The number of anilines is 1. The van der Waals surface area contributed by atoms with Crippen LogP contribution in [0.25, 0.3) is 6.08 Å². The summed E-state index contributed by atoms with van der Waals surface area (Å²) in [4.78, 5) is 23.1. The number of nitriles is 1. The molecule has 28 heavy (non-hydrogen) atoms. The van der Waals surface area contributed by atoms with Gasteiger partial charge in [-0.2, -0.15) is 5.26 Å². The van der Waals surface area contributed by atoms with Crippen LogP contribution in [0.4, 0.5) is 5.69 Å². The maximum Gasteiger partial charge on any atom is 0.341 e. The molecule has 0 heterocycles. The van der Waals surface area contributed by atoms with Crippen molar-refractivity contribution in [2.75, 3.05) is 18.5 Å². The highest BCUT2D eigenvalue weighted by molar-refractivity contribution is 6.10. The Kier molecular flexibility index (Phi) is 7.17. The van der Waals surface area contributed by atoms with Crippen LogP contribution in [-0.2, 0) is 9.59 Å². The molecule has 2 aromatic rings. The zero-order valence-electron chi connectivity index (χ0n) is 15.6. The number of carbonyl (C=O) groups excluding carboxylic acids is 1. The van der Waals surface area contributed by atoms with Gasteiger partial charge in [0.15, 0.2) is 18.1 Å². The Morgan fingerprint density at radius 2 is 1.93 bits per heavy atom. The summed E-state index contributed by atoms with van der Waals surface area (Å²) >= 11 is 0. The third-order valence-corrected chi connectivity index (χ3v) is 3.69. The fourth-order valence-corrected chi connectivity index (χ4v) is 2.36. The number of nitrogens with zero attached hydrogens (tertiary/aromatic N) is 1. The number of amides is 1. The second-order valence-electron chi connectivity index (χ2n) is 5.76. The van der Waals surface area contributed by atoms with Crippen LogP contribution < -0.4 is 14.8 Å². The first-order valence-electron chi connectivity index (χ1n) is 8.54. The fourth-order valence-electron chi connectivity index (χ4n) is 2.36. The third kappa shape index (κ3) is 5.61. The summed E-state index contributed by atoms with van der Waals surface area (Å²) in [5.74, 6) is -1.04. The molecular formula is C21H20N2O5. The van der Waals surface area contributed by atoms with Gasteiger partial charge in [0, 0.05) is 5.69 Å². The number of rotatable bonds is 8. The molecule has 0 saturated heterocycles. The lowest BCUT2D eigenvalue weighted by atomic mass is 10.1. The van der Waals surface area contributed by atoms with E-state index in [-0.39, 0.29) is 11.3 Å². The average Bonchev–Trinajstić information content (AvgIpc) is 2.67. The Morgan fingerprint density at radius 1 is 1.18 bits per heavy atom. The number of benzene rings is 2. The summed E-state index contributed by atoms with van der Waals surface area (Å²) < 4.78 is 10.7. The van der Waals surface area contributed by atoms with Crippen molar-refractivity contribution in [1.82, 2.24) is 0 Å². The molecular weight excluding hydrogens is 360 g/mol. The van der Waals surface area contributed by atoms with E-state index in [1.807, 2.05) is 25.1 Å². The second kappa shape index (κ2) is 9.78. The van der Waals surface area contributed by atoms with E-state index in [0.717, 1.165) is 5.56 Å². The SMILES string of the molecule is CCOc1cc(/C=C(/C#N)C(=O)Nc2ccccc2C)ccc1OCC(=O)O.